The lowest BCUT2D eigenvalue weighted by Gasteiger charge is -2.19. The van der Waals surface area contributed by atoms with Gasteiger partial charge in [-0.1, -0.05) is 0 Å². The zero-order chi connectivity index (χ0) is 24.5. The number of hydrogen-bond acceptors (Lipinski definition) is 7. The third kappa shape index (κ3) is 4.75. The van der Waals surface area contributed by atoms with Crippen LogP contribution < -0.4 is 10.2 Å². The lowest BCUT2D eigenvalue weighted by Crippen LogP contribution is -2.35. The summed E-state index contributed by atoms with van der Waals surface area (Å²) in [6, 6.07) is 4.57. The Bertz CT molecular complexity index is 1210. The minimum atomic E-state index is -4.54. The van der Waals surface area contributed by atoms with Crippen molar-refractivity contribution in [2.24, 2.45) is 0 Å². The maximum Gasteiger partial charge on any atom is 0.433 e. The Morgan fingerprint density at radius 1 is 1.21 bits per heavy atom. The molecule has 0 spiro atoms. The number of cyclic esters (lactones) is 1. The largest absolute Gasteiger partial charge is 0.447 e. The van der Waals surface area contributed by atoms with E-state index in [-0.39, 0.29) is 24.4 Å². The number of hydrogen-bond donors (Lipinski definition) is 1. The van der Waals surface area contributed by atoms with Gasteiger partial charge in [-0.25, -0.2) is 14.2 Å². The maximum atomic E-state index is 13.2. The van der Waals surface area contributed by atoms with E-state index < -0.39 is 30.7 Å². The number of rotatable bonds is 6. The van der Waals surface area contributed by atoms with Gasteiger partial charge in [0.2, 0.25) is 5.95 Å². The molecule has 1 amide bonds. The van der Waals surface area contributed by atoms with Crippen LogP contribution in [0, 0.1) is 6.92 Å². The fraction of sp³-hybridized carbons (Fsp3) is 0.318. The molecule has 178 valence electrons. The number of aromatic nitrogens is 4. The van der Waals surface area contributed by atoms with Crippen LogP contribution >= 0.6 is 0 Å². The molecule has 12 heteroatoms. The molecule has 0 bridgehead atoms. The molecule has 0 aliphatic carbocycles. The number of aryl methyl sites for hydroxylation is 1. The van der Waals surface area contributed by atoms with Crippen LogP contribution in [0.5, 0.6) is 0 Å². The van der Waals surface area contributed by atoms with E-state index in [4.69, 9.17) is 4.74 Å². The van der Waals surface area contributed by atoms with Crippen molar-refractivity contribution in [2.75, 3.05) is 23.5 Å². The zero-order valence-corrected chi connectivity index (χ0v) is 18.2. The zero-order valence-electron chi connectivity index (χ0n) is 18.2. The molecule has 3 aromatic heterocycles. The highest BCUT2D eigenvalue weighted by Crippen LogP contribution is 2.32. The van der Waals surface area contributed by atoms with Gasteiger partial charge in [-0.3, -0.25) is 14.9 Å². The maximum absolute atomic E-state index is 13.2. The van der Waals surface area contributed by atoms with Crippen molar-refractivity contribution in [1.29, 1.82) is 0 Å². The highest BCUT2D eigenvalue weighted by atomic mass is 19.4. The summed E-state index contributed by atoms with van der Waals surface area (Å²) in [5, 5.41) is 3.07. The molecule has 1 fully saturated rings. The first kappa shape index (κ1) is 23.3. The van der Waals surface area contributed by atoms with E-state index in [0.717, 1.165) is 22.7 Å². The average Bonchev–Trinajstić information content (AvgIpc) is 3.19. The number of halogens is 4. The molecule has 1 aliphatic heterocycles. The molecule has 0 saturated carbocycles. The summed E-state index contributed by atoms with van der Waals surface area (Å²) in [6.07, 6.45) is -1.18. The van der Waals surface area contributed by atoms with Crippen LogP contribution in [0.25, 0.3) is 11.1 Å². The quantitative estimate of drug-likeness (QED) is 0.514. The van der Waals surface area contributed by atoms with Crippen molar-refractivity contribution in [3.8, 4) is 11.1 Å². The van der Waals surface area contributed by atoms with Crippen LogP contribution in [0.1, 0.15) is 29.9 Å². The van der Waals surface area contributed by atoms with E-state index in [1.807, 2.05) is 0 Å². The molecule has 1 saturated heterocycles. The highest BCUT2D eigenvalue weighted by molar-refractivity contribution is 5.89. The summed E-state index contributed by atoms with van der Waals surface area (Å²) in [6.45, 7) is 2.75. The van der Waals surface area contributed by atoms with Gasteiger partial charge in [0.15, 0.2) is 0 Å². The number of nitrogens with one attached hydrogen (secondary N) is 1. The van der Waals surface area contributed by atoms with Crippen molar-refractivity contribution in [2.45, 2.75) is 32.1 Å². The molecular formula is C22H20F4N6O2. The van der Waals surface area contributed by atoms with Gasteiger partial charge in [-0.15, -0.1) is 0 Å². The number of pyridine rings is 2. The van der Waals surface area contributed by atoms with Crippen LogP contribution in [0.15, 0.2) is 42.9 Å². The first-order chi connectivity index (χ1) is 16.2. The van der Waals surface area contributed by atoms with Gasteiger partial charge in [0.1, 0.15) is 30.8 Å². The second-order valence-corrected chi connectivity index (χ2v) is 7.71. The molecule has 0 radical (unpaired) electrons. The lowest BCUT2D eigenvalue weighted by molar-refractivity contribution is -0.141. The fourth-order valence-corrected chi connectivity index (χ4v) is 3.55. The number of alkyl halides is 4. The third-order valence-corrected chi connectivity index (χ3v) is 5.31. The van der Waals surface area contributed by atoms with Gasteiger partial charge < -0.3 is 10.1 Å². The minimum absolute atomic E-state index is 0.0595. The summed E-state index contributed by atoms with van der Waals surface area (Å²) in [7, 11) is 0. The highest BCUT2D eigenvalue weighted by Gasteiger charge is 2.35. The summed E-state index contributed by atoms with van der Waals surface area (Å²) < 4.78 is 57.1. The topological polar surface area (TPSA) is 93.1 Å². The molecule has 2 atom stereocenters. The lowest BCUT2D eigenvalue weighted by atomic mass is 10.0. The first-order valence-corrected chi connectivity index (χ1v) is 10.3. The van der Waals surface area contributed by atoms with Gasteiger partial charge in [-0.2, -0.15) is 18.2 Å². The summed E-state index contributed by atoms with van der Waals surface area (Å²) in [5.74, 6) is 0.391. The van der Waals surface area contributed by atoms with Gasteiger partial charge in [0, 0.05) is 24.2 Å². The number of carbonyl (C=O) groups is 1. The van der Waals surface area contributed by atoms with Crippen LogP contribution in [0.3, 0.4) is 0 Å². The van der Waals surface area contributed by atoms with Crippen molar-refractivity contribution in [3.63, 3.8) is 0 Å². The van der Waals surface area contributed by atoms with Crippen LogP contribution in [-0.2, 0) is 10.9 Å². The number of amides is 1. The van der Waals surface area contributed by atoms with Crippen molar-refractivity contribution in [3.05, 3.63) is 59.8 Å². The Morgan fingerprint density at radius 2 is 1.97 bits per heavy atom. The Morgan fingerprint density at radius 3 is 2.68 bits per heavy atom. The Balaban J connectivity index is 1.53. The molecular weight excluding hydrogens is 456 g/mol. The summed E-state index contributed by atoms with van der Waals surface area (Å²) in [4.78, 5) is 29.3. The van der Waals surface area contributed by atoms with Crippen molar-refractivity contribution in [1.82, 2.24) is 19.9 Å². The molecule has 34 heavy (non-hydrogen) atoms. The number of ether oxygens (including phenoxy) is 1. The molecule has 3 aromatic rings. The number of nitrogens with zero attached hydrogens (tertiary/aromatic N) is 5. The molecule has 0 unspecified atom stereocenters. The normalized spacial score (nSPS) is 16.9. The van der Waals surface area contributed by atoms with Crippen molar-refractivity contribution < 1.29 is 27.1 Å². The second kappa shape index (κ2) is 9.20. The van der Waals surface area contributed by atoms with Gasteiger partial charge in [0.05, 0.1) is 11.7 Å². The number of anilines is 2. The summed E-state index contributed by atoms with van der Waals surface area (Å²) in [5.41, 5.74) is 1.25. The smallest absolute Gasteiger partial charge is 0.433 e. The first-order valence-electron chi connectivity index (χ1n) is 10.3. The van der Waals surface area contributed by atoms with Gasteiger partial charge in [-0.05, 0) is 49.2 Å². The number of carbonyl (C=O) groups excluding carboxylic acids is 1. The molecule has 4 rings (SSSR count). The summed E-state index contributed by atoms with van der Waals surface area (Å²) >= 11 is 0. The SMILES string of the molecule is Cc1cc([C@H](C)Nc2nccc(N3C(=O)OC[C@@H]3CF)n2)ncc1-c1ccnc(C(F)(F)F)c1. The van der Waals surface area contributed by atoms with E-state index in [2.05, 4.69) is 25.3 Å². The standard InChI is InChI=1S/C22H20F4N6O2/c1-12-7-17(29-10-16(12)14-3-5-27-18(8-14)22(24,25)26)13(2)30-20-28-6-4-19(31-20)32-15(9-23)11-34-21(32)33/h3-8,10,13,15H,9,11H2,1-2H3,(H,28,30,31)/t13-,15-/m0/s1. The Hall–Kier alpha value is -3.83. The monoisotopic (exact) mass is 476 g/mol. The van der Waals surface area contributed by atoms with E-state index in [0.29, 0.717) is 16.8 Å². The third-order valence-electron chi connectivity index (χ3n) is 5.31. The average molecular weight is 476 g/mol. The molecule has 1 aliphatic rings. The predicted octanol–water partition coefficient (Wildman–Crippen LogP) is 4.73. The van der Waals surface area contributed by atoms with E-state index in [1.54, 1.807) is 19.9 Å². The van der Waals surface area contributed by atoms with Crippen LogP contribution in [-0.4, -0.2) is 45.4 Å². The van der Waals surface area contributed by atoms with Crippen LogP contribution in [0.2, 0.25) is 0 Å². The Labute approximate surface area is 192 Å². The van der Waals surface area contributed by atoms with Gasteiger partial charge in [0.25, 0.3) is 0 Å². The predicted molar refractivity (Wildman–Crippen MR) is 115 cm³/mol. The molecule has 8 nitrogen and oxygen atoms in total. The molecule has 0 aromatic carbocycles. The molecule has 1 N–H and O–H groups in total. The van der Waals surface area contributed by atoms with E-state index in [1.165, 1.54) is 24.5 Å². The van der Waals surface area contributed by atoms with Gasteiger partial charge >= 0.3 is 12.3 Å². The van der Waals surface area contributed by atoms with E-state index in [9.17, 15) is 22.4 Å². The second-order valence-electron chi connectivity index (χ2n) is 7.71. The fourth-order valence-electron chi connectivity index (χ4n) is 3.55. The van der Waals surface area contributed by atoms with Crippen molar-refractivity contribution >= 4 is 17.9 Å². The Kier molecular flexibility index (Phi) is 6.31. The molecule has 4 heterocycles. The minimum Gasteiger partial charge on any atom is -0.447 e. The van der Waals surface area contributed by atoms with Crippen LogP contribution in [0.4, 0.5) is 34.1 Å². The van der Waals surface area contributed by atoms with E-state index >= 15 is 0 Å².